The number of carbonyl (C=O) groups is 1. The fourth-order valence-corrected chi connectivity index (χ4v) is 8.73. The number of hydrogen-bond donors (Lipinski definition) is 6. The lowest BCUT2D eigenvalue weighted by Crippen LogP contribution is -2.61. The molecule has 3 heterocycles. The van der Waals surface area contributed by atoms with Gasteiger partial charge in [0.15, 0.2) is 12.6 Å². The highest BCUT2D eigenvalue weighted by molar-refractivity contribution is 5.88. The van der Waals surface area contributed by atoms with Crippen molar-refractivity contribution in [3.05, 3.63) is 0 Å². The minimum Gasteiger partial charge on any atom is -0.459 e. The van der Waals surface area contributed by atoms with E-state index in [0.29, 0.717) is 18.7 Å². The van der Waals surface area contributed by atoms with Crippen molar-refractivity contribution >= 4 is 11.7 Å². The summed E-state index contributed by atoms with van der Waals surface area (Å²) in [5.74, 6) is -4.14. The second-order valence-electron chi connectivity index (χ2n) is 17.1. The molecule has 3 fully saturated rings. The number of rotatable bonds is 13. The Morgan fingerprint density at radius 1 is 0.912 bits per heavy atom. The molecule has 0 aliphatic carbocycles. The van der Waals surface area contributed by atoms with E-state index >= 15 is 0 Å². The van der Waals surface area contributed by atoms with Gasteiger partial charge in [0.2, 0.25) is 6.79 Å². The Hall–Kier alpha value is -1.58. The molecule has 0 aromatic rings. The number of nitrogens with one attached hydrogen (secondary N) is 1. The molecule has 17 nitrogen and oxygen atoms in total. The molecule has 0 saturated carbocycles. The SMILES string of the molecule is CC[C@H]1OC(=O)[C@H](C)[C@@H](O[C@H]2C[C@@](C)(OC)[C@@H](O)[C@H](C)O2)[C@H](C)[C@@H](O[C@@H]2O[C@H](C)C[C@H](NC)[C@H]2O)[C@](C)(O)C[C@@H](C)/C(=N\OCOCCOC)[C@H](C)[C@@H](O)[C@]1(C)O. The first-order chi connectivity index (χ1) is 26.6. The summed E-state index contributed by atoms with van der Waals surface area (Å²) in [6, 6.07) is -0.379. The number of aliphatic hydroxyl groups excluding tert-OH is 3. The highest BCUT2D eigenvalue weighted by Gasteiger charge is 2.53. The average Bonchev–Trinajstić information content (AvgIpc) is 3.15. The zero-order valence-electron chi connectivity index (χ0n) is 36.4. The molecular formula is C40H74N2O15. The molecule has 0 radical (unpaired) electrons. The van der Waals surface area contributed by atoms with Gasteiger partial charge in [0.05, 0.1) is 66.6 Å². The topological polar surface area (TPSA) is 226 Å². The monoisotopic (exact) mass is 823 g/mol. The summed E-state index contributed by atoms with van der Waals surface area (Å²) in [5.41, 5.74) is -4.49. The number of nitrogens with zero attached hydrogens (tertiary/aromatic N) is 1. The first-order valence-corrected chi connectivity index (χ1v) is 20.4. The van der Waals surface area contributed by atoms with Gasteiger partial charge < -0.3 is 73.6 Å². The third-order valence-corrected chi connectivity index (χ3v) is 12.3. The maximum atomic E-state index is 14.3. The number of oxime groups is 1. The van der Waals surface area contributed by atoms with Crippen LogP contribution in [-0.4, -0.2) is 163 Å². The molecule has 334 valence electrons. The van der Waals surface area contributed by atoms with Gasteiger partial charge in [0.25, 0.3) is 0 Å². The fraction of sp³-hybridized carbons (Fsp3) is 0.950. The van der Waals surface area contributed by atoms with Crippen LogP contribution >= 0.6 is 0 Å². The van der Waals surface area contributed by atoms with Crippen molar-refractivity contribution in [2.45, 2.75) is 179 Å². The predicted molar refractivity (Wildman–Crippen MR) is 208 cm³/mol. The molecule has 18 atom stereocenters. The molecule has 0 bridgehead atoms. The van der Waals surface area contributed by atoms with Crippen LogP contribution in [0, 0.1) is 23.7 Å². The number of aliphatic hydroxyl groups is 5. The number of hydrogen-bond acceptors (Lipinski definition) is 17. The summed E-state index contributed by atoms with van der Waals surface area (Å²) < 4.78 is 47.9. The van der Waals surface area contributed by atoms with Crippen molar-refractivity contribution < 1.29 is 73.1 Å². The van der Waals surface area contributed by atoms with E-state index in [4.69, 9.17) is 42.7 Å². The van der Waals surface area contributed by atoms with Crippen LogP contribution in [0.25, 0.3) is 0 Å². The van der Waals surface area contributed by atoms with Gasteiger partial charge in [-0.2, -0.15) is 0 Å². The minimum atomic E-state index is -1.97. The maximum Gasteiger partial charge on any atom is 0.311 e. The van der Waals surface area contributed by atoms with Gasteiger partial charge in [-0.1, -0.05) is 32.9 Å². The second-order valence-corrected chi connectivity index (χ2v) is 17.1. The maximum absolute atomic E-state index is 14.3. The summed E-state index contributed by atoms with van der Waals surface area (Å²) in [6.45, 7) is 17.2. The quantitative estimate of drug-likeness (QED) is 0.0675. The van der Waals surface area contributed by atoms with Crippen LogP contribution in [0.4, 0.5) is 0 Å². The van der Waals surface area contributed by atoms with Gasteiger partial charge >= 0.3 is 5.97 Å². The van der Waals surface area contributed by atoms with E-state index < -0.39 is 102 Å². The largest absolute Gasteiger partial charge is 0.459 e. The van der Waals surface area contributed by atoms with Crippen molar-refractivity contribution in [2.75, 3.05) is 41.3 Å². The molecule has 0 unspecified atom stereocenters. The second kappa shape index (κ2) is 21.3. The molecule has 0 aromatic heterocycles. The van der Waals surface area contributed by atoms with Gasteiger partial charge in [0.1, 0.15) is 23.9 Å². The van der Waals surface area contributed by atoms with E-state index in [-0.39, 0.29) is 44.8 Å². The highest BCUT2D eigenvalue weighted by Crippen LogP contribution is 2.41. The number of methoxy groups -OCH3 is 2. The molecule has 0 amide bonds. The van der Waals surface area contributed by atoms with E-state index in [9.17, 15) is 30.3 Å². The van der Waals surface area contributed by atoms with Crippen LogP contribution in [0.15, 0.2) is 5.16 Å². The van der Waals surface area contributed by atoms with Crippen molar-refractivity contribution in [3.8, 4) is 0 Å². The molecule has 3 rings (SSSR count). The van der Waals surface area contributed by atoms with Gasteiger partial charge in [-0.25, -0.2) is 0 Å². The Labute approximate surface area is 339 Å². The van der Waals surface area contributed by atoms with Gasteiger partial charge in [-0.3, -0.25) is 4.79 Å². The summed E-state index contributed by atoms with van der Waals surface area (Å²) in [6.07, 6.45) is -9.54. The predicted octanol–water partition coefficient (Wildman–Crippen LogP) is 1.87. The molecule has 6 N–H and O–H groups in total. The molecule has 0 aromatic carbocycles. The van der Waals surface area contributed by atoms with Gasteiger partial charge in [-0.15, -0.1) is 0 Å². The first-order valence-electron chi connectivity index (χ1n) is 20.4. The molecule has 3 saturated heterocycles. The molecule has 0 spiro atoms. The summed E-state index contributed by atoms with van der Waals surface area (Å²) in [4.78, 5) is 19.8. The van der Waals surface area contributed by atoms with Gasteiger partial charge in [0, 0.05) is 44.4 Å². The van der Waals surface area contributed by atoms with E-state index in [2.05, 4.69) is 10.5 Å². The molecule has 57 heavy (non-hydrogen) atoms. The van der Waals surface area contributed by atoms with Gasteiger partial charge in [-0.05, 0) is 67.9 Å². The Morgan fingerprint density at radius 2 is 1.58 bits per heavy atom. The average molecular weight is 823 g/mol. The van der Waals surface area contributed by atoms with E-state index in [1.54, 1.807) is 69.5 Å². The Balaban J connectivity index is 2.21. The third kappa shape index (κ3) is 12.0. The van der Waals surface area contributed by atoms with Crippen LogP contribution in [-0.2, 0) is 47.5 Å². The van der Waals surface area contributed by atoms with E-state index in [0.717, 1.165) is 0 Å². The Kier molecular flexibility index (Phi) is 18.6. The molecule has 3 aliphatic heterocycles. The van der Waals surface area contributed by atoms with Crippen LogP contribution in [0.3, 0.4) is 0 Å². The first kappa shape index (κ1) is 49.8. The molecule has 3 aliphatic rings. The van der Waals surface area contributed by atoms with Crippen molar-refractivity contribution in [2.24, 2.45) is 28.8 Å². The highest BCUT2D eigenvalue weighted by atomic mass is 16.7. The number of ether oxygens (including phenoxy) is 8. The summed E-state index contributed by atoms with van der Waals surface area (Å²) >= 11 is 0. The number of likely N-dealkylation sites (N-methyl/N-ethyl adjacent to an activating group) is 1. The number of cyclic esters (lactones) is 1. The van der Waals surface area contributed by atoms with Crippen LogP contribution < -0.4 is 5.32 Å². The van der Waals surface area contributed by atoms with Crippen LogP contribution in [0.1, 0.15) is 94.9 Å². The summed E-state index contributed by atoms with van der Waals surface area (Å²) in [7, 11) is 4.77. The summed E-state index contributed by atoms with van der Waals surface area (Å²) in [5, 5.41) is 66.4. The lowest BCUT2D eigenvalue weighted by Gasteiger charge is -2.49. The standard InChI is InChI=1S/C40H74N2O15/c1-14-28-40(10,48)33(44)23(4)30(42-52-20-51-16-15-49-12)21(2)18-38(8,47)35(57-37-31(43)27(41-11)17-22(3)53-37)24(5)32(25(6)36(46)55-28)56-29-19-39(9,50-13)34(45)26(7)54-29/h21-29,31-35,37,41,43-45,47-48H,14-20H2,1-13H3/b42-30+/t21-,22-,23+,24+,25-,26+,27+,28-,29+,31-,32+,33-,34+,35-,37+,38-,39-,40-/m1/s1. The zero-order chi connectivity index (χ0) is 43.0. The van der Waals surface area contributed by atoms with E-state index in [1.807, 2.05) is 6.92 Å². The van der Waals surface area contributed by atoms with Crippen molar-refractivity contribution in [3.63, 3.8) is 0 Å². The van der Waals surface area contributed by atoms with Crippen LogP contribution in [0.2, 0.25) is 0 Å². The lowest BCUT2D eigenvalue weighted by atomic mass is 9.73. The van der Waals surface area contributed by atoms with Crippen LogP contribution in [0.5, 0.6) is 0 Å². The van der Waals surface area contributed by atoms with Crippen molar-refractivity contribution in [1.82, 2.24) is 5.32 Å². The zero-order valence-corrected chi connectivity index (χ0v) is 36.4. The molecule has 17 heteroatoms. The van der Waals surface area contributed by atoms with Crippen molar-refractivity contribution in [1.29, 1.82) is 0 Å². The minimum absolute atomic E-state index is 0.0323. The smallest absolute Gasteiger partial charge is 0.311 e. The third-order valence-electron chi connectivity index (χ3n) is 12.3. The Morgan fingerprint density at radius 3 is 2.18 bits per heavy atom. The lowest BCUT2D eigenvalue weighted by molar-refractivity contribution is -0.315. The Bertz CT molecular complexity index is 1270. The van der Waals surface area contributed by atoms with E-state index in [1.165, 1.54) is 14.0 Å². The normalized spacial score (nSPS) is 46.3. The molecular weight excluding hydrogens is 748 g/mol. The number of carbonyl (C=O) groups excluding carboxylic acids is 1. The fourth-order valence-electron chi connectivity index (χ4n) is 8.73. The number of esters is 1.